The maximum atomic E-state index is 12.1. The number of rotatable bonds is 1. The summed E-state index contributed by atoms with van der Waals surface area (Å²) in [5.41, 5.74) is -0.197. The highest BCUT2D eigenvalue weighted by Gasteiger charge is 2.32. The van der Waals surface area contributed by atoms with Crippen LogP contribution < -0.4 is 0 Å². The highest BCUT2D eigenvalue weighted by atomic mass is 79.9. The topological polar surface area (TPSA) is 12.9 Å². The molecule has 0 amide bonds. The van der Waals surface area contributed by atoms with Crippen LogP contribution >= 0.6 is 31.9 Å². The molecule has 1 aromatic rings. The Hall–Kier alpha value is -0.100. The van der Waals surface area contributed by atoms with Crippen LogP contribution in [-0.2, 0) is 11.5 Å². The van der Waals surface area contributed by atoms with Crippen LogP contribution in [0.5, 0.6) is 0 Å². The van der Waals surface area contributed by atoms with E-state index < -0.39 is 11.9 Å². The summed E-state index contributed by atoms with van der Waals surface area (Å²) in [6.07, 6.45) is -3.19. The predicted molar refractivity (Wildman–Crippen MR) is 49.6 cm³/mol. The van der Waals surface area contributed by atoms with Gasteiger partial charge in [0.15, 0.2) is 0 Å². The van der Waals surface area contributed by atoms with E-state index in [1.54, 1.807) is 0 Å². The Morgan fingerprint density at radius 1 is 1.38 bits per heavy atom. The lowest BCUT2D eigenvalue weighted by atomic mass is 10.3. The van der Waals surface area contributed by atoms with Crippen molar-refractivity contribution in [3.05, 3.63) is 28.0 Å². The Kier molecular flexibility index (Phi) is 3.34. The molecule has 0 atom stereocenters. The van der Waals surface area contributed by atoms with Gasteiger partial charge in [0.25, 0.3) is 0 Å². The van der Waals surface area contributed by atoms with E-state index in [4.69, 9.17) is 0 Å². The van der Waals surface area contributed by atoms with Gasteiger partial charge < -0.3 is 0 Å². The van der Waals surface area contributed by atoms with E-state index in [0.717, 1.165) is 6.07 Å². The summed E-state index contributed by atoms with van der Waals surface area (Å²) in [5, 5.41) is 0.471. The Bertz CT molecular complexity index is 311. The highest BCUT2D eigenvalue weighted by Crippen LogP contribution is 2.30. The van der Waals surface area contributed by atoms with E-state index in [2.05, 4.69) is 36.8 Å². The molecule has 13 heavy (non-hydrogen) atoms. The zero-order chi connectivity index (χ0) is 10.1. The number of hydrogen-bond acceptors (Lipinski definition) is 1. The maximum Gasteiger partial charge on any atom is 0.433 e. The lowest BCUT2D eigenvalue weighted by molar-refractivity contribution is -0.141. The van der Waals surface area contributed by atoms with Crippen molar-refractivity contribution in [2.75, 3.05) is 0 Å². The molecule has 72 valence electrons. The van der Waals surface area contributed by atoms with Gasteiger partial charge in [-0.3, -0.25) is 4.98 Å². The quantitative estimate of drug-likeness (QED) is 0.719. The number of nitrogens with zero attached hydrogens (tertiary/aromatic N) is 1. The summed E-state index contributed by atoms with van der Waals surface area (Å²) in [5.74, 6) is 0. The summed E-state index contributed by atoms with van der Waals surface area (Å²) in [4.78, 5) is 3.30. The van der Waals surface area contributed by atoms with Crippen LogP contribution in [0.3, 0.4) is 0 Å². The molecule has 1 heterocycles. The lowest BCUT2D eigenvalue weighted by Gasteiger charge is -2.07. The number of halogens is 5. The fourth-order valence-electron chi connectivity index (χ4n) is 0.712. The highest BCUT2D eigenvalue weighted by molar-refractivity contribution is 9.10. The third kappa shape index (κ3) is 2.67. The molecule has 0 N–H and O–H groups in total. The van der Waals surface area contributed by atoms with Crippen LogP contribution in [0.4, 0.5) is 13.2 Å². The normalized spacial score (nSPS) is 11.8. The number of alkyl halides is 4. The van der Waals surface area contributed by atoms with Crippen molar-refractivity contribution >= 4 is 31.9 Å². The van der Waals surface area contributed by atoms with Crippen LogP contribution in [0.15, 0.2) is 16.7 Å². The number of aromatic nitrogens is 1. The molecule has 0 radical (unpaired) electrons. The molecular formula is C7H4Br2F3N. The van der Waals surface area contributed by atoms with E-state index in [1.165, 1.54) is 6.20 Å². The van der Waals surface area contributed by atoms with Crippen molar-refractivity contribution in [3.63, 3.8) is 0 Å². The van der Waals surface area contributed by atoms with Crippen molar-refractivity contribution < 1.29 is 13.2 Å². The molecule has 0 unspecified atom stereocenters. The first-order chi connectivity index (χ1) is 5.95. The molecule has 0 aliphatic heterocycles. The minimum Gasteiger partial charge on any atom is -0.251 e. The average Bonchev–Trinajstić information content (AvgIpc) is 2.02. The van der Waals surface area contributed by atoms with Crippen molar-refractivity contribution in [3.8, 4) is 0 Å². The molecule has 0 bridgehead atoms. The van der Waals surface area contributed by atoms with E-state index in [1.807, 2.05) is 0 Å². The van der Waals surface area contributed by atoms with Gasteiger partial charge in [0.05, 0.1) is 0 Å². The fourth-order valence-corrected chi connectivity index (χ4v) is 1.99. The second-order valence-electron chi connectivity index (χ2n) is 2.29. The molecule has 0 saturated heterocycles. The lowest BCUT2D eigenvalue weighted by Crippen LogP contribution is -2.08. The molecule has 0 saturated carbocycles. The SMILES string of the molecule is FC(F)(F)c1cc(Br)c(CBr)cn1. The van der Waals surface area contributed by atoms with E-state index >= 15 is 0 Å². The van der Waals surface area contributed by atoms with E-state index in [-0.39, 0.29) is 0 Å². The molecule has 0 fully saturated rings. The van der Waals surface area contributed by atoms with Gasteiger partial charge in [-0.1, -0.05) is 31.9 Å². The van der Waals surface area contributed by atoms with Crippen LogP contribution in [0.25, 0.3) is 0 Å². The Morgan fingerprint density at radius 3 is 2.38 bits per heavy atom. The summed E-state index contributed by atoms with van der Waals surface area (Å²) in [6.45, 7) is 0. The fraction of sp³-hybridized carbons (Fsp3) is 0.286. The zero-order valence-corrected chi connectivity index (χ0v) is 9.37. The van der Waals surface area contributed by atoms with Gasteiger partial charge in [-0.25, -0.2) is 0 Å². The van der Waals surface area contributed by atoms with Gasteiger partial charge >= 0.3 is 6.18 Å². The second kappa shape index (κ2) is 3.96. The van der Waals surface area contributed by atoms with Gasteiger partial charge in [0.2, 0.25) is 0 Å². The zero-order valence-electron chi connectivity index (χ0n) is 6.20. The van der Waals surface area contributed by atoms with Gasteiger partial charge in [-0.05, 0) is 11.6 Å². The molecule has 0 aliphatic rings. The molecule has 6 heteroatoms. The molecule has 1 rings (SSSR count). The summed E-state index contributed by atoms with van der Waals surface area (Å²) in [7, 11) is 0. The number of hydrogen-bond donors (Lipinski definition) is 0. The summed E-state index contributed by atoms with van der Waals surface area (Å²) < 4.78 is 36.7. The van der Waals surface area contributed by atoms with Crippen LogP contribution in [0.2, 0.25) is 0 Å². The van der Waals surface area contributed by atoms with Crippen molar-refractivity contribution in [2.24, 2.45) is 0 Å². The minimum absolute atomic E-state index is 0.409. The third-order valence-electron chi connectivity index (χ3n) is 1.36. The predicted octanol–water partition coefficient (Wildman–Crippen LogP) is 3.76. The Morgan fingerprint density at radius 2 is 2.00 bits per heavy atom. The van der Waals surface area contributed by atoms with Gasteiger partial charge in [-0.2, -0.15) is 13.2 Å². The average molecular weight is 319 g/mol. The second-order valence-corrected chi connectivity index (χ2v) is 3.71. The molecule has 0 aromatic carbocycles. The summed E-state index contributed by atoms with van der Waals surface area (Å²) in [6, 6.07) is 0.969. The summed E-state index contributed by atoms with van der Waals surface area (Å²) >= 11 is 6.16. The maximum absolute atomic E-state index is 12.1. The van der Waals surface area contributed by atoms with Crippen molar-refractivity contribution in [2.45, 2.75) is 11.5 Å². The molecule has 0 aliphatic carbocycles. The first-order valence-corrected chi connectivity index (χ1v) is 5.14. The third-order valence-corrected chi connectivity index (χ3v) is 2.71. The van der Waals surface area contributed by atoms with Gasteiger partial charge in [0.1, 0.15) is 5.69 Å². The molecule has 1 aromatic heterocycles. The van der Waals surface area contributed by atoms with Gasteiger partial charge in [-0.15, -0.1) is 0 Å². The van der Waals surface area contributed by atoms with Gasteiger partial charge in [0, 0.05) is 16.0 Å². The monoisotopic (exact) mass is 317 g/mol. The minimum atomic E-state index is -4.38. The van der Waals surface area contributed by atoms with Crippen LogP contribution in [0, 0.1) is 0 Å². The van der Waals surface area contributed by atoms with Crippen molar-refractivity contribution in [1.82, 2.24) is 4.98 Å². The Balaban J connectivity index is 3.10. The van der Waals surface area contributed by atoms with Crippen molar-refractivity contribution in [1.29, 1.82) is 0 Å². The molecule has 0 spiro atoms. The first kappa shape index (κ1) is 11.0. The largest absolute Gasteiger partial charge is 0.433 e. The van der Waals surface area contributed by atoms with Crippen LogP contribution in [0.1, 0.15) is 11.3 Å². The standard InChI is InChI=1S/C7H4Br2F3N/c8-2-4-3-13-6(1-5(4)9)7(10,11)12/h1,3H,2H2. The van der Waals surface area contributed by atoms with Crippen LogP contribution in [-0.4, -0.2) is 4.98 Å². The smallest absolute Gasteiger partial charge is 0.251 e. The first-order valence-electron chi connectivity index (χ1n) is 3.22. The molecule has 1 nitrogen and oxygen atoms in total. The Labute approximate surface area is 89.6 Å². The molecular weight excluding hydrogens is 315 g/mol. The van der Waals surface area contributed by atoms with E-state index in [0.29, 0.717) is 15.4 Å². The van der Waals surface area contributed by atoms with E-state index in [9.17, 15) is 13.2 Å². The number of pyridine rings is 1.